The van der Waals surface area contributed by atoms with Crippen molar-refractivity contribution in [2.24, 2.45) is 0 Å². The molecule has 1 aromatic carbocycles. The van der Waals surface area contributed by atoms with Crippen molar-refractivity contribution in [3.63, 3.8) is 0 Å². The number of hydrogen-bond donors (Lipinski definition) is 1. The molecule has 0 heterocycles. The Kier molecular flexibility index (Phi) is 5.91. The molecular weight excluding hydrogens is 236 g/mol. The van der Waals surface area contributed by atoms with Crippen LogP contribution in [0, 0.1) is 6.92 Å². The molecule has 0 aliphatic carbocycles. The lowest BCUT2D eigenvalue weighted by Gasteiger charge is -2.10. The van der Waals surface area contributed by atoms with Gasteiger partial charge in [0.1, 0.15) is 5.75 Å². The molecule has 0 aliphatic heterocycles. The summed E-state index contributed by atoms with van der Waals surface area (Å²) in [6.45, 7) is 4.54. The zero-order valence-corrected chi connectivity index (χ0v) is 11.0. The van der Waals surface area contributed by atoms with Crippen LogP contribution in [0.5, 0.6) is 5.75 Å². The molecule has 4 heteroatoms. The summed E-state index contributed by atoms with van der Waals surface area (Å²) < 4.78 is 5.60. The number of carboxylic acids is 1. The number of carbonyl (C=O) groups is 1. The molecule has 3 nitrogen and oxygen atoms in total. The van der Waals surface area contributed by atoms with E-state index in [0.29, 0.717) is 23.5 Å². The predicted molar refractivity (Wildman–Crippen MR) is 71.2 cm³/mol. The Bertz CT molecular complexity index is 377. The molecule has 0 saturated heterocycles. The minimum absolute atomic E-state index is 0.311. The molecular formula is C13H18O3S. The van der Waals surface area contributed by atoms with Gasteiger partial charge in [-0.1, -0.05) is 13.0 Å². The molecule has 0 unspecified atom stereocenters. The second kappa shape index (κ2) is 7.22. The van der Waals surface area contributed by atoms with Gasteiger partial charge in [-0.2, -0.15) is 11.8 Å². The van der Waals surface area contributed by atoms with Crippen LogP contribution in [-0.2, 0) is 0 Å². The largest absolute Gasteiger partial charge is 0.493 e. The third-order valence-electron chi connectivity index (χ3n) is 2.41. The van der Waals surface area contributed by atoms with Crippen LogP contribution < -0.4 is 4.74 Å². The third kappa shape index (κ3) is 4.30. The van der Waals surface area contributed by atoms with Crippen LogP contribution in [0.25, 0.3) is 0 Å². The molecule has 0 saturated carbocycles. The Balaban J connectivity index is 2.54. The van der Waals surface area contributed by atoms with Gasteiger partial charge in [-0.3, -0.25) is 0 Å². The minimum atomic E-state index is -0.908. The first-order valence-corrected chi connectivity index (χ1v) is 6.85. The van der Waals surface area contributed by atoms with E-state index in [1.165, 1.54) is 0 Å². The number of benzene rings is 1. The molecule has 1 aromatic rings. The Morgan fingerprint density at radius 1 is 1.47 bits per heavy atom. The topological polar surface area (TPSA) is 46.5 Å². The maximum Gasteiger partial charge on any atom is 0.336 e. The fourth-order valence-electron chi connectivity index (χ4n) is 1.49. The lowest BCUT2D eigenvalue weighted by molar-refractivity contribution is 0.0695. The van der Waals surface area contributed by atoms with Gasteiger partial charge in [0.25, 0.3) is 0 Å². The lowest BCUT2D eigenvalue weighted by Crippen LogP contribution is -2.04. The highest BCUT2D eigenvalue weighted by atomic mass is 32.2. The third-order valence-corrected chi connectivity index (χ3v) is 3.39. The van der Waals surface area contributed by atoms with E-state index in [1.807, 2.05) is 17.8 Å². The molecule has 0 spiro atoms. The fraction of sp³-hybridized carbons (Fsp3) is 0.462. The summed E-state index contributed by atoms with van der Waals surface area (Å²) in [6, 6.07) is 5.12. The minimum Gasteiger partial charge on any atom is -0.493 e. The quantitative estimate of drug-likeness (QED) is 0.759. The maximum absolute atomic E-state index is 10.9. The first kappa shape index (κ1) is 13.9. The molecule has 0 fully saturated rings. The highest BCUT2D eigenvalue weighted by Crippen LogP contribution is 2.21. The SMILES string of the molecule is CCSCCCOc1cccc(C(=O)O)c1C. The summed E-state index contributed by atoms with van der Waals surface area (Å²) in [4.78, 5) is 10.9. The summed E-state index contributed by atoms with van der Waals surface area (Å²) in [5.74, 6) is 1.96. The molecule has 0 aromatic heterocycles. The van der Waals surface area contributed by atoms with Crippen molar-refractivity contribution in [1.29, 1.82) is 0 Å². The summed E-state index contributed by atoms with van der Waals surface area (Å²) in [5.41, 5.74) is 1.01. The Hall–Kier alpha value is -1.16. The summed E-state index contributed by atoms with van der Waals surface area (Å²) in [6.07, 6.45) is 0.981. The van der Waals surface area contributed by atoms with E-state index in [0.717, 1.165) is 17.9 Å². The van der Waals surface area contributed by atoms with Crippen LogP contribution in [-0.4, -0.2) is 29.2 Å². The van der Waals surface area contributed by atoms with Crippen LogP contribution >= 0.6 is 11.8 Å². The van der Waals surface area contributed by atoms with Gasteiger partial charge in [-0.05, 0) is 37.0 Å². The van der Waals surface area contributed by atoms with Crippen molar-refractivity contribution in [2.75, 3.05) is 18.1 Å². The second-order valence-corrected chi connectivity index (χ2v) is 5.03. The highest BCUT2D eigenvalue weighted by molar-refractivity contribution is 7.99. The summed E-state index contributed by atoms with van der Waals surface area (Å²) in [7, 11) is 0. The molecule has 0 radical (unpaired) electrons. The molecule has 1 N–H and O–H groups in total. The summed E-state index contributed by atoms with van der Waals surface area (Å²) >= 11 is 1.88. The van der Waals surface area contributed by atoms with Crippen molar-refractivity contribution in [2.45, 2.75) is 20.3 Å². The van der Waals surface area contributed by atoms with Gasteiger partial charge in [-0.15, -0.1) is 0 Å². The molecule has 17 heavy (non-hydrogen) atoms. The Morgan fingerprint density at radius 3 is 2.88 bits per heavy atom. The van der Waals surface area contributed by atoms with E-state index in [1.54, 1.807) is 19.1 Å². The molecule has 1 rings (SSSR count). The average Bonchev–Trinajstić information content (AvgIpc) is 2.30. The standard InChI is InChI=1S/C13H18O3S/c1-3-17-9-5-8-16-12-7-4-6-11(10(12)2)13(14)15/h4,6-7H,3,5,8-9H2,1-2H3,(H,14,15). The highest BCUT2D eigenvalue weighted by Gasteiger charge is 2.10. The number of ether oxygens (including phenoxy) is 1. The van der Waals surface area contributed by atoms with E-state index in [9.17, 15) is 4.79 Å². The van der Waals surface area contributed by atoms with Crippen LogP contribution in [0.15, 0.2) is 18.2 Å². The van der Waals surface area contributed by atoms with E-state index < -0.39 is 5.97 Å². The zero-order chi connectivity index (χ0) is 12.7. The first-order chi connectivity index (χ1) is 8.16. The van der Waals surface area contributed by atoms with Crippen molar-refractivity contribution in [3.05, 3.63) is 29.3 Å². The van der Waals surface area contributed by atoms with Crippen molar-refractivity contribution < 1.29 is 14.6 Å². The van der Waals surface area contributed by atoms with Crippen molar-refractivity contribution >= 4 is 17.7 Å². The Morgan fingerprint density at radius 2 is 2.24 bits per heavy atom. The first-order valence-electron chi connectivity index (χ1n) is 5.70. The van der Waals surface area contributed by atoms with Gasteiger partial charge in [0.2, 0.25) is 0 Å². The van der Waals surface area contributed by atoms with Gasteiger partial charge in [0.15, 0.2) is 0 Å². The molecule has 0 amide bonds. The average molecular weight is 254 g/mol. The van der Waals surface area contributed by atoms with Gasteiger partial charge in [-0.25, -0.2) is 4.79 Å². The van der Waals surface area contributed by atoms with Crippen molar-refractivity contribution in [3.8, 4) is 5.75 Å². The van der Waals surface area contributed by atoms with Crippen LogP contribution in [0.2, 0.25) is 0 Å². The normalized spacial score (nSPS) is 10.2. The van der Waals surface area contributed by atoms with Crippen LogP contribution in [0.4, 0.5) is 0 Å². The van der Waals surface area contributed by atoms with Gasteiger partial charge >= 0.3 is 5.97 Å². The van der Waals surface area contributed by atoms with Crippen molar-refractivity contribution in [1.82, 2.24) is 0 Å². The number of carboxylic acid groups (broad SMARTS) is 1. The summed E-state index contributed by atoms with van der Waals surface area (Å²) in [5, 5.41) is 8.97. The predicted octanol–water partition coefficient (Wildman–Crippen LogP) is 3.22. The van der Waals surface area contributed by atoms with E-state index in [-0.39, 0.29) is 0 Å². The van der Waals surface area contributed by atoms with Crippen LogP contribution in [0.1, 0.15) is 29.3 Å². The van der Waals surface area contributed by atoms with Crippen LogP contribution in [0.3, 0.4) is 0 Å². The fourth-order valence-corrected chi connectivity index (χ4v) is 2.10. The maximum atomic E-state index is 10.9. The lowest BCUT2D eigenvalue weighted by atomic mass is 10.1. The number of hydrogen-bond acceptors (Lipinski definition) is 3. The van der Waals surface area contributed by atoms with Gasteiger partial charge in [0, 0.05) is 5.56 Å². The van der Waals surface area contributed by atoms with E-state index >= 15 is 0 Å². The molecule has 0 aliphatic rings. The molecule has 94 valence electrons. The smallest absolute Gasteiger partial charge is 0.336 e. The van der Waals surface area contributed by atoms with E-state index in [2.05, 4.69) is 6.92 Å². The van der Waals surface area contributed by atoms with E-state index in [4.69, 9.17) is 9.84 Å². The molecule has 0 atom stereocenters. The zero-order valence-electron chi connectivity index (χ0n) is 10.2. The second-order valence-electron chi connectivity index (χ2n) is 3.63. The Labute approximate surface area is 106 Å². The number of thioether (sulfide) groups is 1. The molecule has 0 bridgehead atoms. The van der Waals surface area contributed by atoms with Gasteiger partial charge in [0.05, 0.1) is 12.2 Å². The number of rotatable bonds is 7. The number of aromatic carboxylic acids is 1. The van der Waals surface area contributed by atoms with Gasteiger partial charge < -0.3 is 9.84 Å². The monoisotopic (exact) mass is 254 g/mol.